The van der Waals surface area contributed by atoms with E-state index in [1.54, 1.807) is 18.2 Å². The molecule has 0 fully saturated rings. The van der Waals surface area contributed by atoms with Crippen LogP contribution in [-0.2, 0) is 4.84 Å². The predicted molar refractivity (Wildman–Crippen MR) is 62.6 cm³/mol. The minimum absolute atomic E-state index is 0.227. The quantitative estimate of drug-likeness (QED) is 0.720. The fourth-order valence-electron chi connectivity index (χ4n) is 1.10. The fraction of sp³-hybridized carbons (Fsp3) is 0.182. The van der Waals surface area contributed by atoms with Crippen molar-refractivity contribution in [3.63, 3.8) is 0 Å². The van der Waals surface area contributed by atoms with E-state index in [1.165, 1.54) is 26.2 Å². The second-order valence-corrected chi connectivity index (χ2v) is 3.15. The number of hydroxylamine groups is 2. The topological polar surface area (TPSA) is 87.7 Å². The Hall–Kier alpha value is -2.57. The molecule has 4 amide bonds. The zero-order valence-corrected chi connectivity index (χ0v) is 9.97. The Balaban J connectivity index is 2.93. The van der Waals surface area contributed by atoms with Crippen LogP contribution in [0, 0.1) is 0 Å². The summed E-state index contributed by atoms with van der Waals surface area (Å²) in [6.07, 6.45) is -0.914. The monoisotopic (exact) mass is 251 g/mol. The van der Waals surface area contributed by atoms with Crippen molar-refractivity contribution < 1.29 is 19.2 Å². The Morgan fingerprint density at radius 1 is 1.06 bits per heavy atom. The third-order valence-corrected chi connectivity index (χ3v) is 1.98. The predicted octanol–water partition coefficient (Wildman–Crippen LogP) is 0.739. The van der Waals surface area contributed by atoms with E-state index in [-0.39, 0.29) is 5.56 Å². The molecule has 18 heavy (non-hydrogen) atoms. The van der Waals surface area contributed by atoms with Crippen LogP contribution >= 0.6 is 0 Å². The Morgan fingerprint density at radius 3 is 2.17 bits per heavy atom. The molecular formula is C11H13N3O4. The lowest BCUT2D eigenvalue weighted by Crippen LogP contribution is -2.45. The number of carbonyl (C=O) groups excluding carboxylic acids is 3. The van der Waals surface area contributed by atoms with E-state index in [4.69, 9.17) is 0 Å². The molecular weight excluding hydrogens is 238 g/mol. The van der Waals surface area contributed by atoms with Gasteiger partial charge in [0.15, 0.2) is 0 Å². The zero-order chi connectivity index (χ0) is 13.5. The van der Waals surface area contributed by atoms with Gasteiger partial charge in [0.1, 0.15) is 0 Å². The van der Waals surface area contributed by atoms with Crippen molar-refractivity contribution in [3.05, 3.63) is 35.9 Å². The van der Waals surface area contributed by atoms with Crippen molar-refractivity contribution in [1.29, 1.82) is 0 Å². The van der Waals surface area contributed by atoms with Gasteiger partial charge in [-0.05, 0) is 12.1 Å². The summed E-state index contributed by atoms with van der Waals surface area (Å²) in [6, 6.07) is 7.16. The molecule has 96 valence electrons. The number of hydrogen-bond donors (Lipinski definition) is 2. The molecule has 0 heterocycles. The summed E-state index contributed by atoms with van der Waals surface area (Å²) in [6.45, 7) is 0. The standard InChI is InChI=1S/C11H13N3O4/c1-12-10(16)14(18-11(17)13-2)9(15)8-6-4-3-5-7-8/h3-7H,1-2H3,(H,12,16)(H,13,17). The van der Waals surface area contributed by atoms with E-state index in [1.807, 2.05) is 0 Å². The van der Waals surface area contributed by atoms with E-state index < -0.39 is 18.0 Å². The van der Waals surface area contributed by atoms with Crippen molar-refractivity contribution in [2.24, 2.45) is 0 Å². The minimum Gasteiger partial charge on any atom is -0.338 e. The van der Waals surface area contributed by atoms with Gasteiger partial charge in [0, 0.05) is 19.7 Å². The fourth-order valence-corrected chi connectivity index (χ4v) is 1.10. The molecule has 0 aliphatic rings. The molecule has 0 radical (unpaired) electrons. The third kappa shape index (κ3) is 3.21. The number of imide groups is 1. The molecule has 1 aromatic rings. The van der Waals surface area contributed by atoms with E-state index in [9.17, 15) is 14.4 Å². The SMILES string of the molecule is CNC(=O)ON(C(=O)NC)C(=O)c1ccccc1. The lowest BCUT2D eigenvalue weighted by atomic mass is 10.2. The molecule has 0 aliphatic carbocycles. The molecule has 0 bridgehead atoms. The van der Waals surface area contributed by atoms with Crippen molar-refractivity contribution in [2.45, 2.75) is 0 Å². The number of urea groups is 1. The van der Waals surface area contributed by atoms with Crippen LogP contribution in [0.1, 0.15) is 10.4 Å². The maximum Gasteiger partial charge on any atom is 0.431 e. The van der Waals surface area contributed by atoms with Crippen LogP contribution in [-0.4, -0.2) is 37.2 Å². The molecule has 0 saturated heterocycles. The maximum atomic E-state index is 12.0. The molecule has 2 N–H and O–H groups in total. The Bertz CT molecular complexity index is 447. The molecule has 0 unspecified atom stereocenters. The average molecular weight is 251 g/mol. The van der Waals surface area contributed by atoms with Crippen molar-refractivity contribution in [2.75, 3.05) is 14.1 Å². The van der Waals surface area contributed by atoms with Gasteiger partial charge in [0.2, 0.25) is 0 Å². The Labute approximate surface area is 104 Å². The van der Waals surface area contributed by atoms with Crippen LogP contribution in [0.5, 0.6) is 0 Å². The molecule has 0 aliphatic heterocycles. The van der Waals surface area contributed by atoms with Crippen LogP contribution in [0.3, 0.4) is 0 Å². The third-order valence-electron chi connectivity index (χ3n) is 1.98. The molecule has 7 heteroatoms. The van der Waals surface area contributed by atoms with Crippen LogP contribution in [0.15, 0.2) is 30.3 Å². The van der Waals surface area contributed by atoms with Crippen LogP contribution < -0.4 is 10.6 Å². The van der Waals surface area contributed by atoms with Crippen molar-refractivity contribution >= 4 is 18.0 Å². The van der Waals surface area contributed by atoms with Crippen molar-refractivity contribution in [1.82, 2.24) is 15.7 Å². The van der Waals surface area contributed by atoms with Gasteiger partial charge in [-0.15, -0.1) is 0 Å². The van der Waals surface area contributed by atoms with E-state index in [2.05, 4.69) is 15.5 Å². The molecule has 7 nitrogen and oxygen atoms in total. The highest BCUT2D eigenvalue weighted by atomic mass is 16.7. The minimum atomic E-state index is -0.914. The van der Waals surface area contributed by atoms with Gasteiger partial charge in [-0.25, -0.2) is 9.59 Å². The number of hydrogen-bond acceptors (Lipinski definition) is 4. The van der Waals surface area contributed by atoms with Crippen LogP contribution in [0.2, 0.25) is 0 Å². The summed E-state index contributed by atoms with van der Waals surface area (Å²) in [5.41, 5.74) is 0.227. The largest absolute Gasteiger partial charge is 0.431 e. The maximum absolute atomic E-state index is 12.0. The van der Waals surface area contributed by atoms with E-state index >= 15 is 0 Å². The highest BCUT2D eigenvalue weighted by Gasteiger charge is 2.26. The first-order valence-electron chi connectivity index (χ1n) is 5.11. The number of nitrogens with zero attached hydrogens (tertiary/aromatic N) is 1. The summed E-state index contributed by atoms with van der Waals surface area (Å²) < 4.78 is 0. The van der Waals surface area contributed by atoms with Gasteiger partial charge in [-0.3, -0.25) is 4.79 Å². The first-order valence-corrected chi connectivity index (χ1v) is 5.11. The molecule has 0 aromatic heterocycles. The van der Waals surface area contributed by atoms with Gasteiger partial charge in [0.25, 0.3) is 5.91 Å². The molecule has 1 aromatic carbocycles. The lowest BCUT2D eigenvalue weighted by Gasteiger charge is -2.18. The lowest BCUT2D eigenvalue weighted by molar-refractivity contribution is -0.0365. The number of amides is 4. The Morgan fingerprint density at radius 2 is 1.67 bits per heavy atom. The zero-order valence-electron chi connectivity index (χ0n) is 9.97. The number of rotatable bonds is 1. The van der Waals surface area contributed by atoms with Crippen LogP contribution in [0.4, 0.5) is 9.59 Å². The smallest absolute Gasteiger partial charge is 0.338 e. The second-order valence-electron chi connectivity index (χ2n) is 3.15. The molecule has 0 saturated carbocycles. The summed E-state index contributed by atoms with van der Waals surface area (Å²) in [7, 11) is 2.64. The Kier molecular flexibility index (Phi) is 4.67. The summed E-state index contributed by atoms with van der Waals surface area (Å²) in [5, 5.41) is 4.71. The van der Waals surface area contributed by atoms with Gasteiger partial charge < -0.3 is 15.5 Å². The molecule has 0 atom stereocenters. The highest BCUT2D eigenvalue weighted by Crippen LogP contribution is 2.05. The average Bonchev–Trinajstić information content (AvgIpc) is 2.43. The second kappa shape index (κ2) is 6.24. The van der Waals surface area contributed by atoms with Crippen molar-refractivity contribution in [3.8, 4) is 0 Å². The van der Waals surface area contributed by atoms with Gasteiger partial charge in [-0.1, -0.05) is 23.3 Å². The number of carbonyl (C=O) groups is 3. The van der Waals surface area contributed by atoms with Gasteiger partial charge >= 0.3 is 12.1 Å². The molecule has 1 rings (SSSR count). The number of nitrogens with one attached hydrogen (secondary N) is 2. The summed E-state index contributed by atoms with van der Waals surface area (Å²) in [4.78, 5) is 39.1. The summed E-state index contributed by atoms with van der Waals surface area (Å²) in [5.74, 6) is -0.737. The highest BCUT2D eigenvalue weighted by molar-refractivity contribution is 6.03. The first-order chi connectivity index (χ1) is 8.60. The van der Waals surface area contributed by atoms with Gasteiger partial charge in [-0.2, -0.15) is 0 Å². The first kappa shape index (κ1) is 13.5. The van der Waals surface area contributed by atoms with E-state index in [0.717, 1.165) is 0 Å². The normalized spacial score (nSPS) is 9.22. The van der Waals surface area contributed by atoms with Crippen LogP contribution in [0.25, 0.3) is 0 Å². The summed E-state index contributed by atoms with van der Waals surface area (Å²) >= 11 is 0. The number of benzene rings is 1. The van der Waals surface area contributed by atoms with E-state index in [0.29, 0.717) is 5.06 Å². The van der Waals surface area contributed by atoms with Gasteiger partial charge in [0.05, 0.1) is 0 Å². The molecule has 0 spiro atoms.